The van der Waals surface area contributed by atoms with E-state index in [0.29, 0.717) is 11.2 Å². The molecule has 4 nitrogen and oxygen atoms in total. The van der Waals surface area contributed by atoms with Gasteiger partial charge in [0, 0.05) is 18.3 Å². The number of thiocarbonyl (C=S) groups is 1. The maximum absolute atomic E-state index is 5.47. The van der Waals surface area contributed by atoms with Gasteiger partial charge >= 0.3 is 0 Å². The average molecular weight is 367 g/mol. The van der Waals surface area contributed by atoms with Gasteiger partial charge in [-0.2, -0.15) is 0 Å². The number of pyridine rings is 1. The number of aryl methyl sites for hydroxylation is 1. The van der Waals surface area contributed by atoms with Gasteiger partial charge in [-0.3, -0.25) is 0 Å². The third-order valence-electron chi connectivity index (χ3n) is 5.33. The van der Waals surface area contributed by atoms with E-state index < -0.39 is 0 Å². The Balaban J connectivity index is 1.40. The van der Waals surface area contributed by atoms with Crippen LogP contribution >= 0.6 is 12.2 Å². The minimum atomic E-state index is 0.515. The highest BCUT2D eigenvalue weighted by molar-refractivity contribution is 7.80. The van der Waals surface area contributed by atoms with Crippen molar-refractivity contribution in [3.63, 3.8) is 0 Å². The molecular formula is C21H26N4S. The van der Waals surface area contributed by atoms with E-state index in [-0.39, 0.29) is 0 Å². The van der Waals surface area contributed by atoms with Gasteiger partial charge in [-0.1, -0.05) is 37.5 Å². The Morgan fingerprint density at radius 2 is 1.88 bits per heavy atom. The molecule has 1 aromatic heterocycles. The van der Waals surface area contributed by atoms with E-state index in [4.69, 9.17) is 12.2 Å². The molecule has 5 heteroatoms. The Labute approximate surface area is 161 Å². The van der Waals surface area contributed by atoms with Gasteiger partial charge in [-0.05, 0) is 61.7 Å². The SMILES string of the molecule is S=C(Nc1ccc(N2CCCc3ccccc32)nc1)NC1CCCCC1. The standard InChI is InChI=1S/C21H26N4S/c26-21(23-17-9-2-1-3-10-17)24-18-12-13-20(22-15-18)25-14-6-8-16-7-4-5-11-19(16)25/h4-5,7,11-13,15,17H,1-3,6,8-10,14H2,(H2,23,24,26). The Morgan fingerprint density at radius 3 is 2.69 bits per heavy atom. The molecule has 0 spiro atoms. The van der Waals surface area contributed by atoms with Crippen LogP contribution in [-0.4, -0.2) is 22.7 Å². The molecule has 0 saturated heterocycles. The van der Waals surface area contributed by atoms with E-state index in [0.717, 1.165) is 30.9 Å². The van der Waals surface area contributed by atoms with Crippen molar-refractivity contribution in [1.29, 1.82) is 0 Å². The lowest BCUT2D eigenvalue weighted by Crippen LogP contribution is -2.38. The third-order valence-corrected chi connectivity index (χ3v) is 5.55. The smallest absolute Gasteiger partial charge is 0.171 e. The maximum atomic E-state index is 5.47. The molecule has 0 radical (unpaired) electrons. The number of nitrogens with one attached hydrogen (secondary N) is 2. The minimum absolute atomic E-state index is 0.515. The van der Waals surface area contributed by atoms with Crippen molar-refractivity contribution in [3.05, 3.63) is 48.2 Å². The summed E-state index contributed by atoms with van der Waals surface area (Å²) in [6.07, 6.45) is 10.6. The van der Waals surface area contributed by atoms with E-state index in [1.807, 2.05) is 6.20 Å². The van der Waals surface area contributed by atoms with Gasteiger partial charge < -0.3 is 15.5 Å². The van der Waals surface area contributed by atoms with Crippen LogP contribution < -0.4 is 15.5 Å². The molecule has 0 unspecified atom stereocenters. The predicted molar refractivity (Wildman–Crippen MR) is 112 cm³/mol. The zero-order chi connectivity index (χ0) is 17.8. The van der Waals surface area contributed by atoms with Gasteiger partial charge in [0.15, 0.2) is 5.11 Å². The van der Waals surface area contributed by atoms with Crippen molar-refractivity contribution < 1.29 is 0 Å². The zero-order valence-corrected chi connectivity index (χ0v) is 15.9. The topological polar surface area (TPSA) is 40.2 Å². The normalized spacial score (nSPS) is 17.5. The van der Waals surface area contributed by atoms with Crippen molar-refractivity contribution in [2.75, 3.05) is 16.8 Å². The van der Waals surface area contributed by atoms with Crippen molar-refractivity contribution in [3.8, 4) is 0 Å². The van der Waals surface area contributed by atoms with E-state index in [2.05, 4.69) is 56.9 Å². The van der Waals surface area contributed by atoms with E-state index in [1.165, 1.54) is 43.4 Å². The number of hydrogen-bond donors (Lipinski definition) is 2. The number of anilines is 3. The first kappa shape index (κ1) is 17.3. The maximum Gasteiger partial charge on any atom is 0.171 e. The fraction of sp³-hybridized carbons (Fsp3) is 0.429. The van der Waals surface area contributed by atoms with Crippen LogP contribution in [0.2, 0.25) is 0 Å². The first-order chi connectivity index (χ1) is 12.8. The highest BCUT2D eigenvalue weighted by Gasteiger charge is 2.18. The molecule has 4 rings (SSSR count). The van der Waals surface area contributed by atoms with Crippen molar-refractivity contribution in [2.24, 2.45) is 0 Å². The van der Waals surface area contributed by atoms with E-state index in [1.54, 1.807) is 0 Å². The molecule has 2 N–H and O–H groups in total. The number of aromatic nitrogens is 1. The summed E-state index contributed by atoms with van der Waals surface area (Å²) in [5, 5.41) is 7.42. The molecule has 0 bridgehead atoms. The van der Waals surface area contributed by atoms with Crippen LogP contribution in [0.3, 0.4) is 0 Å². The van der Waals surface area contributed by atoms with Gasteiger partial charge in [0.1, 0.15) is 5.82 Å². The monoisotopic (exact) mass is 366 g/mol. The highest BCUT2D eigenvalue weighted by atomic mass is 32.1. The Hall–Kier alpha value is -2.14. The van der Waals surface area contributed by atoms with Crippen molar-refractivity contribution in [2.45, 2.75) is 51.0 Å². The van der Waals surface area contributed by atoms with Gasteiger partial charge in [0.25, 0.3) is 0 Å². The summed E-state index contributed by atoms with van der Waals surface area (Å²) < 4.78 is 0. The molecular weight excluding hydrogens is 340 g/mol. The zero-order valence-electron chi connectivity index (χ0n) is 15.1. The van der Waals surface area contributed by atoms with Crippen molar-refractivity contribution in [1.82, 2.24) is 10.3 Å². The molecule has 1 aromatic carbocycles. The predicted octanol–water partition coefficient (Wildman–Crippen LogP) is 4.79. The largest absolute Gasteiger partial charge is 0.360 e. The Kier molecular flexibility index (Phi) is 5.34. The van der Waals surface area contributed by atoms with Crippen LogP contribution in [0.25, 0.3) is 0 Å². The number of rotatable bonds is 3. The molecule has 2 aromatic rings. The number of benzene rings is 1. The van der Waals surface area contributed by atoms with Gasteiger partial charge in [-0.25, -0.2) is 4.98 Å². The molecule has 26 heavy (non-hydrogen) atoms. The molecule has 1 saturated carbocycles. The van der Waals surface area contributed by atoms with E-state index in [9.17, 15) is 0 Å². The molecule has 0 amide bonds. The van der Waals surface area contributed by atoms with Gasteiger partial charge in [0.2, 0.25) is 0 Å². The van der Waals surface area contributed by atoms with Crippen molar-refractivity contribution >= 4 is 34.5 Å². The van der Waals surface area contributed by atoms with Gasteiger partial charge in [0.05, 0.1) is 11.9 Å². The molecule has 1 aliphatic carbocycles. The third kappa shape index (κ3) is 3.98. The average Bonchev–Trinajstić information content (AvgIpc) is 2.69. The number of para-hydroxylation sites is 1. The lowest BCUT2D eigenvalue weighted by atomic mass is 9.96. The van der Waals surface area contributed by atoms with Gasteiger partial charge in [-0.15, -0.1) is 0 Å². The second-order valence-corrected chi connectivity index (χ2v) is 7.63. The number of nitrogens with zero attached hydrogens (tertiary/aromatic N) is 2. The molecule has 0 atom stereocenters. The number of hydrogen-bond acceptors (Lipinski definition) is 3. The fourth-order valence-electron chi connectivity index (χ4n) is 3.99. The molecule has 1 aliphatic heterocycles. The van der Waals surface area contributed by atoms with Crippen LogP contribution in [0.1, 0.15) is 44.1 Å². The lowest BCUT2D eigenvalue weighted by Gasteiger charge is -2.30. The minimum Gasteiger partial charge on any atom is -0.360 e. The van der Waals surface area contributed by atoms with Crippen LogP contribution in [0.5, 0.6) is 0 Å². The summed E-state index contributed by atoms with van der Waals surface area (Å²) in [6.45, 7) is 1.01. The molecule has 1 fully saturated rings. The van der Waals surface area contributed by atoms with Crippen LogP contribution in [0.15, 0.2) is 42.6 Å². The summed E-state index contributed by atoms with van der Waals surface area (Å²) in [5.74, 6) is 0.994. The fourth-order valence-corrected chi connectivity index (χ4v) is 4.28. The summed E-state index contributed by atoms with van der Waals surface area (Å²) >= 11 is 5.47. The second-order valence-electron chi connectivity index (χ2n) is 7.22. The first-order valence-corrected chi connectivity index (χ1v) is 10.1. The second kappa shape index (κ2) is 8.04. The first-order valence-electron chi connectivity index (χ1n) is 9.68. The van der Waals surface area contributed by atoms with Crippen LogP contribution in [0, 0.1) is 0 Å². The summed E-state index contributed by atoms with van der Waals surface area (Å²) in [5.41, 5.74) is 3.62. The highest BCUT2D eigenvalue weighted by Crippen LogP contribution is 2.32. The summed E-state index contributed by atoms with van der Waals surface area (Å²) in [7, 11) is 0. The van der Waals surface area contributed by atoms with Crippen LogP contribution in [-0.2, 0) is 6.42 Å². The van der Waals surface area contributed by atoms with E-state index >= 15 is 0 Å². The lowest BCUT2D eigenvalue weighted by molar-refractivity contribution is 0.415. The molecule has 2 aliphatic rings. The van der Waals surface area contributed by atoms with Crippen LogP contribution in [0.4, 0.5) is 17.2 Å². The quantitative estimate of drug-likeness (QED) is 0.765. The summed E-state index contributed by atoms with van der Waals surface area (Å²) in [6, 6.07) is 13.3. The number of fused-ring (bicyclic) bond motifs is 1. The summed E-state index contributed by atoms with van der Waals surface area (Å²) in [4.78, 5) is 6.98. The molecule has 2 heterocycles. The Bertz CT molecular complexity index is 753. The Morgan fingerprint density at radius 1 is 1.04 bits per heavy atom. The molecule has 136 valence electrons.